The van der Waals surface area contributed by atoms with E-state index in [4.69, 9.17) is 0 Å². The van der Waals surface area contributed by atoms with Crippen molar-refractivity contribution >= 4 is 29.3 Å². The molecule has 0 aliphatic carbocycles. The molecule has 1 saturated heterocycles. The molecule has 1 heterocycles. The second kappa shape index (κ2) is 1.94. The van der Waals surface area contributed by atoms with Crippen molar-refractivity contribution in [3.05, 3.63) is 0 Å². The normalized spacial score (nSPS) is 29.7. The zero-order valence-corrected chi connectivity index (χ0v) is 4.94. The first kappa shape index (κ1) is 4.60. The number of thiocarbonyl (C=S) groups is 1. The van der Waals surface area contributed by atoms with E-state index >= 15 is 0 Å². The Kier molecular flexibility index (Phi) is 1.48. The zero-order valence-electron chi connectivity index (χ0n) is 3.31. The van der Waals surface area contributed by atoms with Crippen molar-refractivity contribution in [3.8, 4) is 0 Å². The summed E-state index contributed by atoms with van der Waals surface area (Å²) in [6.45, 7) is 0. The minimum absolute atomic E-state index is 0.850. The van der Waals surface area contributed by atoms with Gasteiger partial charge in [0.2, 0.25) is 0 Å². The molecule has 0 saturated carbocycles. The third-order valence-electron chi connectivity index (χ3n) is 0.713. The van der Waals surface area contributed by atoms with Gasteiger partial charge in [-0.25, -0.2) is 0 Å². The highest BCUT2D eigenvalue weighted by Gasteiger charge is 2.19. The van der Waals surface area contributed by atoms with E-state index in [1.54, 1.807) is 0 Å². The Bertz CT molecular complexity index is 56.6. The summed E-state index contributed by atoms with van der Waals surface area (Å²) in [5.41, 5.74) is 0. The Morgan fingerprint density at radius 1 is 2.00 bits per heavy atom. The summed E-state index contributed by atoms with van der Waals surface area (Å²) in [7, 11) is 0. The molecular formula is C4H5S2. The Hall–Kier alpha value is 0.440. The van der Waals surface area contributed by atoms with Crippen LogP contribution >= 0.6 is 24.0 Å². The van der Waals surface area contributed by atoms with Crippen molar-refractivity contribution in [1.29, 1.82) is 0 Å². The molecule has 1 atom stereocenters. The van der Waals surface area contributed by atoms with Crippen molar-refractivity contribution in [1.82, 2.24) is 0 Å². The fourth-order valence-corrected chi connectivity index (χ4v) is 1.04. The molecular weight excluding hydrogens is 112 g/mol. The standard InChI is InChI=1S/C4H5S2/c5-2-1-4-3-6-4/h4H,1,3H2. The number of hydrogen-bond donors (Lipinski definition) is 0. The van der Waals surface area contributed by atoms with Crippen LogP contribution in [0.25, 0.3) is 0 Å². The summed E-state index contributed by atoms with van der Waals surface area (Å²) >= 11 is 6.47. The largest absolute Gasteiger partial charge is 0.156 e. The van der Waals surface area contributed by atoms with Crippen LogP contribution < -0.4 is 0 Å². The fraction of sp³-hybridized carbons (Fsp3) is 0.750. The van der Waals surface area contributed by atoms with Gasteiger partial charge in [-0.3, -0.25) is 0 Å². The Morgan fingerprint density at radius 3 is 2.83 bits per heavy atom. The van der Waals surface area contributed by atoms with Crippen LogP contribution in [-0.2, 0) is 0 Å². The Labute approximate surface area is 47.3 Å². The van der Waals surface area contributed by atoms with Crippen LogP contribution in [0.1, 0.15) is 6.42 Å². The van der Waals surface area contributed by atoms with Gasteiger partial charge in [-0.1, -0.05) is 12.2 Å². The minimum Gasteiger partial charge on any atom is -0.156 e. The molecule has 2 heteroatoms. The number of hydrogen-bond acceptors (Lipinski definition) is 2. The van der Waals surface area contributed by atoms with Gasteiger partial charge in [0, 0.05) is 16.4 Å². The van der Waals surface area contributed by atoms with Gasteiger partial charge in [-0.15, -0.1) is 0 Å². The topological polar surface area (TPSA) is 0 Å². The molecule has 0 aromatic carbocycles. The second-order valence-electron chi connectivity index (χ2n) is 1.30. The number of thioether (sulfide) groups is 1. The van der Waals surface area contributed by atoms with E-state index in [9.17, 15) is 0 Å². The zero-order chi connectivity index (χ0) is 4.41. The van der Waals surface area contributed by atoms with Crippen LogP contribution in [0.5, 0.6) is 0 Å². The molecule has 0 N–H and O–H groups in total. The van der Waals surface area contributed by atoms with E-state index in [2.05, 4.69) is 17.6 Å². The van der Waals surface area contributed by atoms with E-state index in [-0.39, 0.29) is 0 Å². The van der Waals surface area contributed by atoms with Crippen LogP contribution in [0.4, 0.5) is 0 Å². The Balaban J connectivity index is 2.00. The monoisotopic (exact) mass is 117 g/mol. The molecule has 0 bridgehead atoms. The molecule has 0 aromatic heterocycles. The average molecular weight is 117 g/mol. The summed E-state index contributed by atoms with van der Waals surface area (Å²) < 4.78 is 0. The van der Waals surface area contributed by atoms with Gasteiger partial charge in [0.1, 0.15) is 0 Å². The lowest BCUT2D eigenvalue weighted by molar-refractivity contribution is 1.16. The maximum absolute atomic E-state index is 4.50. The van der Waals surface area contributed by atoms with E-state index in [1.165, 1.54) is 5.75 Å². The van der Waals surface area contributed by atoms with E-state index in [0.29, 0.717) is 0 Å². The summed E-state index contributed by atoms with van der Waals surface area (Å²) in [4.78, 5) is 0. The molecule has 0 aromatic rings. The van der Waals surface area contributed by atoms with E-state index < -0.39 is 0 Å². The summed E-state index contributed by atoms with van der Waals surface area (Å²) in [5, 5.41) is 3.54. The van der Waals surface area contributed by atoms with Gasteiger partial charge in [0.25, 0.3) is 0 Å². The van der Waals surface area contributed by atoms with Gasteiger partial charge in [0.05, 0.1) is 0 Å². The molecule has 0 amide bonds. The van der Waals surface area contributed by atoms with E-state index in [0.717, 1.165) is 11.7 Å². The smallest absolute Gasteiger partial charge is 0.0303 e. The second-order valence-corrected chi connectivity index (χ2v) is 2.93. The fourth-order valence-electron chi connectivity index (χ4n) is 0.279. The molecule has 0 nitrogen and oxygen atoms in total. The molecule has 1 radical (unpaired) electrons. The minimum atomic E-state index is 0.850. The summed E-state index contributed by atoms with van der Waals surface area (Å²) in [6.07, 6.45) is 1.01. The van der Waals surface area contributed by atoms with Gasteiger partial charge < -0.3 is 0 Å². The van der Waals surface area contributed by atoms with Crippen molar-refractivity contribution in [2.24, 2.45) is 0 Å². The van der Waals surface area contributed by atoms with Crippen LogP contribution in [-0.4, -0.2) is 16.4 Å². The van der Waals surface area contributed by atoms with Crippen LogP contribution in [0.2, 0.25) is 0 Å². The average Bonchev–Trinajstić information content (AvgIpc) is 2.21. The summed E-state index contributed by atoms with van der Waals surface area (Å²) in [5.74, 6) is 1.31. The maximum Gasteiger partial charge on any atom is 0.0303 e. The highest BCUT2D eigenvalue weighted by Crippen LogP contribution is 2.31. The first-order valence-electron chi connectivity index (χ1n) is 1.90. The van der Waals surface area contributed by atoms with Gasteiger partial charge in [0.15, 0.2) is 0 Å². The summed E-state index contributed by atoms with van der Waals surface area (Å²) in [6, 6.07) is 0. The lowest BCUT2D eigenvalue weighted by Gasteiger charge is -1.72. The van der Waals surface area contributed by atoms with Crippen molar-refractivity contribution in [3.63, 3.8) is 0 Å². The third kappa shape index (κ3) is 1.27. The predicted octanol–water partition coefficient (Wildman–Crippen LogP) is 1.37. The highest BCUT2D eigenvalue weighted by molar-refractivity contribution is 8.06. The lowest BCUT2D eigenvalue weighted by Crippen LogP contribution is -1.78. The quantitative estimate of drug-likeness (QED) is 0.396. The molecule has 1 rings (SSSR count). The first-order valence-corrected chi connectivity index (χ1v) is 3.36. The predicted molar refractivity (Wildman–Crippen MR) is 33.5 cm³/mol. The first-order chi connectivity index (χ1) is 2.93. The maximum atomic E-state index is 4.50. The van der Waals surface area contributed by atoms with Crippen molar-refractivity contribution in [2.75, 3.05) is 5.75 Å². The van der Waals surface area contributed by atoms with E-state index in [1.807, 2.05) is 11.8 Å². The SMILES string of the molecule is S=[C]CC1CS1. The van der Waals surface area contributed by atoms with Gasteiger partial charge in [-0.05, 0) is 6.42 Å². The molecule has 33 valence electrons. The molecule has 0 spiro atoms. The van der Waals surface area contributed by atoms with Gasteiger partial charge >= 0.3 is 0 Å². The van der Waals surface area contributed by atoms with Crippen LogP contribution in [0, 0.1) is 0 Å². The highest BCUT2D eigenvalue weighted by atomic mass is 32.2. The van der Waals surface area contributed by atoms with Gasteiger partial charge in [-0.2, -0.15) is 11.8 Å². The third-order valence-corrected chi connectivity index (χ3v) is 1.85. The molecule has 6 heavy (non-hydrogen) atoms. The molecule has 1 aliphatic rings. The number of rotatable bonds is 2. The van der Waals surface area contributed by atoms with Crippen LogP contribution in [0.3, 0.4) is 0 Å². The molecule has 1 fully saturated rings. The lowest BCUT2D eigenvalue weighted by atomic mass is 10.4. The van der Waals surface area contributed by atoms with Crippen molar-refractivity contribution in [2.45, 2.75) is 11.7 Å². The Morgan fingerprint density at radius 2 is 2.67 bits per heavy atom. The molecule has 1 aliphatic heterocycles. The van der Waals surface area contributed by atoms with Crippen LogP contribution in [0.15, 0.2) is 0 Å². The molecule has 1 unspecified atom stereocenters. The van der Waals surface area contributed by atoms with Crippen molar-refractivity contribution < 1.29 is 0 Å².